The van der Waals surface area contributed by atoms with Crippen LogP contribution in [0.5, 0.6) is 5.75 Å². The van der Waals surface area contributed by atoms with Crippen molar-refractivity contribution in [1.29, 1.82) is 0 Å². The van der Waals surface area contributed by atoms with Crippen molar-refractivity contribution >= 4 is 0 Å². The van der Waals surface area contributed by atoms with Crippen LogP contribution in [0.1, 0.15) is 24.1 Å². The Morgan fingerprint density at radius 2 is 1.90 bits per heavy atom. The number of hydrogen-bond donors (Lipinski definition) is 2. The first-order valence-electron chi connectivity index (χ1n) is 6.90. The minimum absolute atomic E-state index is 0.0810. The molecule has 0 aliphatic carbocycles. The zero-order valence-corrected chi connectivity index (χ0v) is 11.8. The molecule has 2 aromatic rings. The maximum atomic E-state index is 9.14. The third-order valence-corrected chi connectivity index (χ3v) is 3.20. The van der Waals surface area contributed by atoms with E-state index in [0.29, 0.717) is 6.61 Å². The highest BCUT2D eigenvalue weighted by Crippen LogP contribution is 2.14. The van der Waals surface area contributed by atoms with Crippen molar-refractivity contribution < 1.29 is 9.84 Å². The van der Waals surface area contributed by atoms with Gasteiger partial charge in [-0.05, 0) is 30.2 Å². The summed E-state index contributed by atoms with van der Waals surface area (Å²) in [5, 5.41) is 12.6. The van der Waals surface area contributed by atoms with Crippen molar-refractivity contribution in [3.8, 4) is 5.75 Å². The van der Waals surface area contributed by atoms with E-state index >= 15 is 0 Å². The highest BCUT2D eigenvalue weighted by Gasteiger charge is 2.05. The van der Waals surface area contributed by atoms with Crippen molar-refractivity contribution in [3.05, 3.63) is 65.7 Å². The Hall–Kier alpha value is -1.84. The molecule has 2 rings (SSSR count). The molecule has 0 bridgehead atoms. The summed E-state index contributed by atoms with van der Waals surface area (Å²) in [6.45, 7) is 3.60. The summed E-state index contributed by atoms with van der Waals surface area (Å²) >= 11 is 0. The molecule has 0 spiro atoms. The molecule has 106 valence electrons. The van der Waals surface area contributed by atoms with Crippen molar-refractivity contribution in [1.82, 2.24) is 5.32 Å². The van der Waals surface area contributed by atoms with Gasteiger partial charge in [-0.2, -0.15) is 0 Å². The quantitative estimate of drug-likeness (QED) is 0.761. The van der Waals surface area contributed by atoms with Gasteiger partial charge in [-0.25, -0.2) is 0 Å². The van der Waals surface area contributed by atoms with E-state index in [9.17, 15) is 0 Å². The van der Waals surface area contributed by atoms with Crippen LogP contribution in [0.15, 0.2) is 54.6 Å². The van der Waals surface area contributed by atoms with E-state index in [2.05, 4.69) is 18.3 Å². The van der Waals surface area contributed by atoms with Gasteiger partial charge in [0.2, 0.25) is 0 Å². The molecule has 0 heterocycles. The number of hydrogen-bond acceptors (Lipinski definition) is 3. The number of para-hydroxylation sites is 1. The second-order valence-corrected chi connectivity index (χ2v) is 4.74. The second-order valence-electron chi connectivity index (χ2n) is 4.74. The van der Waals surface area contributed by atoms with E-state index < -0.39 is 0 Å². The van der Waals surface area contributed by atoms with Gasteiger partial charge in [0.25, 0.3) is 0 Å². The molecule has 3 nitrogen and oxygen atoms in total. The van der Waals surface area contributed by atoms with Crippen LogP contribution in [0.2, 0.25) is 0 Å². The van der Waals surface area contributed by atoms with Crippen LogP contribution in [-0.2, 0) is 6.61 Å². The summed E-state index contributed by atoms with van der Waals surface area (Å²) in [5.41, 5.74) is 2.12. The first-order valence-corrected chi connectivity index (χ1v) is 6.90. The number of benzene rings is 2. The smallest absolute Gasteiger partial charge is 0.119 e. The van der Waals surface area contributed by atoms with Gasteiger partial charge < -0.3 is 15.2 Å². The summed E-state index contributed by atoms with van der Waals surface area (Å²) in [6, 6.07) is 18.0. The average Bonchev–Trinajstić information content (AvgIpc) is 2.52. The fourth-order valence-corrected chi connectivity index (χ4v) is 2.04. The van der Waals surface area contributed by atoms with E-state index in [-0.39, 0.29) is 12.6 Å². The predicted molar refractivity (Wildman–Crippen MR) is 80.7 cm³/mol. The number of aliphatic hydroxyl groups is 1. The van der Waals surface area contributed by atoms with Crippen LogP contribution in [-0.4, -0.2) is 18.3 Å². The number of nitrogens with one attached hydrogen (secondary N) is 1. The van der Waals surface area contributed by atoms with Crippen molar-refractivity contribution in [2.45, 2.75) is 19.6 Å². The Morgan fingerprint density at radius 1 is 1.10 bits per heavy atom. The third kappa shape index (κ3) is 4.37. The summed E-state index contributed by atoms with van der Waals surface area (Å²) < 4.78 is 5.63. The molecule has 0 aliphatic heterocycles. The van der Waals surface area contributed by atoms with E-state index in [0.717, 1.165) is 17.9 Å². The van der Waals surface area contributed by atoms with E-state index in [1.807, 2.05) is 48.5 Å². The van der Waals surface area contributed by atoms with Crippen LogP contribution in [0.25, 0.3) is 0 Å². The molecule has 1 unspecified atom stereocenters. The Labute approximate surface area is 120 Å². The molecule has 0 radical (unpaired) electrons. The molecule has 2 N–H and O–H groups in total. The van der Waals surface area contributed by atoms with Crippen molar-refractivity contribution in [2.24, 2.45) is 0 Å². The predicted octanol–water partition coefficient (Wildman–Crippen LogP) is 2.91. The van der Waals surface area contributed by atoms with Gasteiger partial charge in [0.15, 0.2) is 0 Å². The largest absolute Gasteiger partial charge is 0.492 e. The number of ether oxygens (including phenoxy) is 1. The zero-order valence-electron chi connectivity index (χ0n) is 11.8. The fraction of sp³-hybridized carbons (Fsp3) is 0.294. The van der Waals surface area contributed by atoms with Gasteiger partial charge in [0.05, 0.1) is 6.61 Å². The maximum absolute atomic E-state index is 9.14. The lowest BCUT2D eigenvalue weighted by molar-refractivity contribution is 0.281. The highest BCUT2D eigenvalue weighted by atomic mass is 16.5. The van der Waals surface area contributed by atoms with Gasteiger partial charge in [0.1, 0.15) is 12.4 Å². The van der Waals surface area contributed by atoms with Crippen LogP contribution < -0.4 is 10.1 Å². The fourth-order valence-electron chi connectivity index (χ4n) is 2.04. The monoisotopic (exact) mass is 271 g/mol. The minimum Gasteiger partial charge on any atom is -0.492 e. The van der Waals surface area contributed by atoms with E-state index in [1.165, 1.54) is 5.56 Å². The van der Waals surface area contributed by atoms with E-state index in [1.54, 1.807) is 0 Å². The normalized spacial score (nSPS) is 12.1. The molecular weight excluding hydrogens is 250 g/mol. The lowest BCUT2D eigenvalue weighted by Gasteiger charge is -2.15. The molecule has 20 heavy (non-hydrogen) atoms. The molecular formula is C17H21NO2. The Bertz CT molecular complexity index is 513. The average molecular weight is 271 g/mol. The Morgan fingerprint density at radius 3 is 2.65 bits per heavy atom. The van der Waals surface area contributed by atoms with Gasteiger partial charge >= 0.3 is 0 Å². The standard InChI is InChI=1S/C17H21NO2/c1-14(16-7-5-6-15(12-16)13-19)18-10-11-20-17-8-3-2-4-9-17/h2-9,12,14,18-19H,10-11,13H2,1H3. The minimum atomic E-state index is 0.0810. The van der Waals surface area contributed by atoms with Gasteiger partial charge in [-0.15, -0.1) is 0 Å². The van der Waals surface area contributed by atoms with Crippen LogP contribution in [0, 0.1) is 0 Å². The molecule has 0 saturated heterocycles. The number of rotatable bonds is 7. The molecule has 0 amide bonds. The highest BCUT2D eigenvalue weighted by molar-refractivity contribution is 5.25. The van der Waals surface area contributed by atoms with Crippen LogP contribution in [0.4, 0.5) is 0 Å². The summed E-state index contributed by atoms with van der Waals surface area (Å²) in [5.74, 6) is 0.893. The molecule has 1 atom stereocenters. The van der Waals surface area contributed by atoms with Crippen molar-refractivity contribution in [3.63, 3.8) is 0 Å². The van der Waals surface area contributed by atoms with Gasteiger partial charge in [0, 0.05) is 12.6 Å². The summed E-state index contributed by atoms with van der Waals surface area (Å²) in [6.07, 6.45) is 0. The number of aliphatic hydroxyl groups excluding tert-OH is 1. The Balaban J connectivity index is 1.76. The first-order chi connectivity index (χ1) is 9.79. The van der Waals surface area contributed by atoms with Crippen LogP contribution in [0.3, 0.4) is 0 Å². The molecule has 3 heteroatoms. The molecule has 0 fully saturated rings. The topological polar surface area (TPSA) is 41.5 Å². The third-order valence-electron chi connectivity index (χ3n) is 3.20. The molecule has 0 saturated carbocycles. The SMILES string of the molecule is CC(NCCOc1ccccc1)c1cccc(CO)c1. The Kier molecular flexibility index (Phi) is 5.59. The summed E-state index contributed by atoms with van der Waals surface area (Å²) in [7, 11) is 0. The lowest BCUT2D eigenvalue weighted by atomic mass is 10.1. The first kappa shape index (κ1) is 14.6. The second kappa shape index (κ2) is 7.68. The van der Waals surface area contributed by atoms with Gasteiger partial charge in [-0.1, -0.05) is 42.5 Å². The molecule has 0 aliphatic rings. The van der Waals surface area contributed by atoms with Gasteiger partial charge in [-0.3, -0.25) is 0 Å². The van der Waals surface area contributed by atoms with Crippen molar-refractivity contribution in [2.75, 3.05) is 13.2 Å². The maximum Gasteiger partial charge on any atom is 0.119 e. The molecule has 0 aromatic heterocycles. The summed E-state index contributed by atoms with van der Waals surface area (Å²) in [4.78, 5) is 0. The van der Waals surface area contributed by atoms with E-state index in [4.69, 9.17) is 9.84 Å². The molecule has 2 aromatic carbocycles. The lowest BCUT2D eigenvalue weighted by Crippen LogP contribution is -2.24. The zero-order chi connectivity index (χ0) is 14.2. The van der Waals surface area contributed by atoms with Crippen LogP contribution >= 0.6 is 0 Å².